The van der Waals surface area contributed by atoms with Crippen molar-refractivity contribution in [2.24, 2.45) is 0 Å². The molecule has 6 aromatic carbocycles. The third-order valence-corrected chi connectivity index (χ3v) is 8.98. The first-order chi connectivity index (χ1) is 22.3. The SMILES string of the molecule is c1ccc(N2c3ccccc3B3c4ccccc4Oc4cc5c(c2c43)Oc2ccccc2N5c2cccc3nccnc23)cc1. The fourth-order valence-electron chi connectivity index (χ4n) is 7.18. The number of hydrogen-bond donors (Lipinski definition) is 0. The van der Waals surface area contributed by atoms with Gasteiger partial charge in [0.1, 0.15) is 17.0 Å². The minimum absolute atomic E-state index is 0.0287. The smallest absolute Gasteiger partial charge is 0.256 e. The van der Waals surface area contributed by atoms with Crippen molar-refractivity contribution in [2.75, 3.05) is 9.80 Å². The molecule has 6 nitrogen and oxygen atoms in total. The summed E-state index contributed by atoms with van der Waals surface area (Å²) in [4.78, 5) is 14.0. The maximum Gasteiger partial charge on any atom is 0.256 e. The molecule has 0 atom stereocenters. The topological polar surface area (TPSA) is 50.7 Å². The van der Waals surface area contributed by atoms with Gasteiger partial charge in [0, 0.05) is 35.3 Å². The molecular formula is C38H23BN4O2. The third-order valence-electron chi connectivity index (χ3n) is 8.98. The molecule has 10 rings (SSSR count). The third kappa shape index (κ3) is 3.40. The zero-order valence-corrected chi connectivity index (χ0v) is 24.0. The van der Waals surface area contributed by atoms with Crippen molar-refractivity contribution >= 4 is 68.3 Å². The monoisotopic (exact) mass is 578 g/mol. The van der Waals surface area contributed by atoms with Crippen LogP contribution < -0.4 is 35.7 Å². The van der Waals surface area contributed by atoms with Gasteiger partial charge in [-0.15, -0.1) is 0 Å². The lowest BCUT2D eigenvalue weighted by Crippen LogP contribution is -2.59. The molecule has 0 radical (unpaired) electrons. The summed E-state index contributed by atoms with van der Waals surface area (Å²) >= 11 is 0. The average Bonchev–Trinajstić information content (AvgIpc) is 3.10. The summed E-state index contributed by atoms with van der Waals surface area (Å²) in [5.41, 5.74) is 10.9. The van der Waals surface area contributed by atoms with Gasteiger partial charge in [-0.1, -0.05) is 72.8 Å². The van der Waals surface area contributed by atoms with Crippen LogP contribution in [0.5, 0.6) is 23.0 Å². The van der Waals surface area contributed by atoms with Gasteiger partial charge < -0.3 is 19.3 Å². The Kier molecular flexibility index (Phi) is 4.99. The number of anilines is 6. The average molecular weight is 578 g/mol. The Labute approximate surface area is 259 Å². The Morgan fingerprint density at radius 2 is 1.22 bits per heavy atom. The number of benzene rings is 6. The second-order valence-electron chi connectivity index (χ2n) is 11.4. The van der Waals surface area contributed by atoms with Gasteiger partial charge in [-0.2, -0.15) is 0 Å². The van der Waals surface area contributed by atoms with E-state index in [9.17, 15) is 0 Å². The molecule has 0 spiro atoms. The molecule has 0 N–H and O–H groups in total. The Balaban J connectivity index is 1.34. The van der Waals surface area contributed by atoms with Gasteiger partial charge in [-0.3, -0.25) is 9.97 Å². The Hall–Kier alpha value is -6.08. The molecule has 0 amide bonds. The first-order valence-corrected chi connectivity index (χ1v) is 15.0. The van der Waals surface area contributed by atoms with E-state index in [4.69, 9.17) is 14.5 Å². The molecule has 1 aromatic heterocycles. The summed E-state index contributed by atoms with van der Waals surface area (Å²) in [5.74, 6) is 3.20. The van der Waals surface area contributed by atoms with Crippen LogP contribution in [0.15, 0.2) is 140 Å². The van der Waals surface area contributed by atoms with Crippen LogP contribution in [0.25, 0.3) is 11.0 Å². The highest BCUT2D eigenvalue weighted by Crippen LogP contribution is 2.58. The molecule has 0 unspecified atom stereocenters. The summed E-state index contributed by atoms with van der Waals surface area (Å²) in [6.07, 6.45) is 3.48. The minimum atomic E-state index is -0.0287. The maximum absolute atomic E-state index is 6.99. The molecule has 0 bridgehead atoms. The summed E-state index contributed by atoms with van der Waals surface area (Å²) in [6, 6.07) is 44.0. The highest BCUT2D eigenvalue weighted by molar-refractivity contribution is 6.99. The van der Waals surface area contributed by atoms with E-state index >= 15 is 0 Å². The zero-order valence-electron chi connectivity index (χ0n) is 24.0. The zero-order chi connectivity index (χ0) is 29.5. The van der Waals surface area contributed by atoms with Gasteiger partial charge in [-0.25, -0.2) is 0 Å². The Morgan fingerprint density at radius 3 is 2.11 bits per heavy atom. The van der Waals surface area contributed by atoms with Crippen molar-refractivity contribution in [3.63, 3.8) is 0 Å². The Morgan fingerprint density at radius 1 is 0.511 bits per heavy atom. The fraction of sp³-hybridized carbons (Fsp3) is 0. The maximum atomic E-state index is 6.99. The molecule has 4 heterocycles. The van der Waals surface area contributed by atoms with E-state index in [2.05, 4.69) is 99.7 Å². The Bertz CT molecular complexity index is 2320. The lowest BCUT2D eigenvalue weighted by Gasteiger charge is -2.43. The summed E-state index contributed by atoms with van der Waals surface area (Å²) in [6.45, 7) is -0.0287. The van der Waals surface area contributed by atoms with Gasteiger partial charge in [0.2, 0.25) is 0 Å². The van der Waals surface area contributed by atoms with Crippen molar-refractivity contribution in [1.82, 2.24) is 9.97 Å². The summed E-state index contributed by atoms with van der Waals surface area (Å²) in [5, 5.41) is 0. The molecule has 0 saturated carbocycles. The first kappa shape index (κ1) is 24.4. The second-order valence-corrected chi connectivity index (χ2v) is 11.4. The van der Waals surface area contributed by atoms with Crippen LogP contribution in [-0.4, -0.2) is 16.7 Å². The number of rotatable bonds is 2. The molecule has 0 fully saturated rings. The molecule has 3 aliphatic heterocycles. The van der Waals surface area contributed by atoms with E-state index in [0.717, 1.165) is 79.1 Å². The molecule has 7 aromatic rings. The lowest BCUT2D eigenvalue weighted by molar-refractivity contribution is 0.469. The van der Waals surface area contributed by atoms with Crippen LogP contribution in [0.4, 0.5) is 34.1 Å². The molecule has 3 aliphatic rings. The largest absolute Gasteiger partial charge is 0.458 e. The van der Waals surface area contributed by atoms with E-state index in [0.29, 0.717) is 0 Å². The van der Waals surface area contributed by atoms with Gasteiger partial charge in [-0.05, 0) is 59.5 Å². The molecule has 0 aliphatic carbocycles. The van der Waals surface area contributed by atoms with Gasteiger partial charge in [0.15, 0.2) is 11.5 Å². The number of aromatic nitrogens is 2. The van der Waals surface area contributed by atoms with Crippen molar-refractivity contribution < 1.29 is 9.47 Å². The normalized spacial score (nSPS) is 13.6. The van der Waals surface area contributed by atoms with Gasteiger partial charge >= 0.3 is 0 Å². The number of para-hydroxylation sites is 6. The number of hydrogen-bond acceptors (Lipinski definition) is 6. The van der Waals surface area contributed by atoms with E-state index in [1.54, 1.807) is 12.4 Å². The highest BCUT2D eigenvalue weighted by atomic mass is 16.5. The first-order valence-electron chi connectivity index (χ1n) is 15.0. The van der Waals surface area contributed by atoms with E-state index in [1.807, 2.05) is 42.5 Å². The van der Waals surface area contributed by atoms with E-state index in [-0.39, 0.29) is 6.71 Å². The standard InChI is InChI=1S/C38H23BN4O2/c1-2-11-24(12-3-1)42-28-16-6-4-13-25(28)39-26-14-5-8-19-32(26)44-34-23-31-38(37(42)35(34)39)45-33-20-9-7-17-29(33)43(31)30-18-10-15-27-36(30)41-22-21-40-27/h1-23H. The number of ether oxygens (including phenoxy) is 2. The molecular weight excluding hydrogens is 555 g/mol. The highest BCUT2D eigenvalue weighted by Gasteiger charge is 2.45. The number of nitrogens with zero attached hydrogens (tertiary/aromatic N) is 4. The van der Waals surface area contributed by atoms with Crippen molar-refractivity contribution in [2.45, 2.75) is 0 Å². The molecule has 210 valence electrons. The molecule has 45 heavy (non-hydrogen) atoms. The van der Waals surface area contributed by atoms with Crippen LogP contribution in [0.2, 0.25) is 0 Å². The predicted molar refractivity (Wildman–Crippen MR) is 180 cm³/mol. The fourth-order valence-corrected chi connectivity index (χ4v) is 7.18. The van der Waals surface area contributed by atoms with Crippen LogP contribution in [-0.2, 0) is 0 Å². The van der Waals surface area contributed by atoms with Crippen molar-refractivity contribution in [3.8, 4) is 23.0 Å². The molecule has 7 heteroatoms. The quantitative estimate of drug-likeness (QED) is 0.197. The summed E-state index contributed by atoms with van der Waals surface area (Å²) in [7, 11) is 0. The van der Waals surface area contributed by atoms with Crippen molar-refractivity contribution in [1.29, 1.82) is 0 Å². The van der Waals surface area contributed by atoms with Gasteiger partial charge in [0.05, 0.1) is 28.3 Å². The van der Waals surface area contributed by atoms with Crippen LogP contribution in [0.1, 0.15) is 0 Å². The summed E-state index contributed by atoms with van der Waals surface area (Å²) < 4.78 is 13.8. The van der Waals surface area contributed by atoms with Crippen molar-refractivity contribution in [3.05, 3.63) is 140 Å². The van der Waals surface area contributed by atoms with E-state index < -0.39 is 0 Å². The second kappa shape index (κ2) is 9.21. The number of fused-ring (bicyclic) bond motifs is 8. The van der Waals surface area contributed by atoms with Gasteiger partial charge in [0.25, 0.3) is 6.71 Å². The minimum Gasteiger partial charge on any atom is -0.458 e. The van der Waals surface area contributed by atoms with Crippen LogP contribution in [0, 0.1) is 0 Å². The van der Waals surface area contributed by atoms with Crippen LogP contribution >= 0.6 is 0 Å². The molecule has 0 saturated heterocycles. The van der Waals surface area contributed by atoms with Crippen LogP contribution in [0.3, 0.4) is 0 Å². The lowest BCUT2D eigenvalue weighted by atomic mass is 9.34. The van der Waals surface area contributed by atoms with E-state index in [1.165, 1.54) is 5.46 Å². The predicted octanol–water partition coefficient (Wildman–Crippen LogP) is 7.61.